The van der Waals surface area contributed by atoms with Gasteiger partial charge in [0, 0.05) is 5.92 Å². The molecule has 2 nitrogen and oxygen atoms in total. The highest BCUT2D eigenvalue weighted by atomic mass is 35.5. The second-order valence-corrected chi connectivity index (χ2v) is 6.19. The Balaban J connectivity index is 2.56. The first kappa shape index (κ1) is 17.7. The Morgan fingerprint density at radius 3 is 1.65 bits per heavy atom. The summed E-state index contributed by atoms with van der Waals surface area (Å²) in [7, 11) is 0. The van der Waals surface area contributed by atoms with Crippen molar-refractivity contribution in [2.45, 2.75) is 25.2 Å². The smallest absolute Gasteiger partial charge is 0.234 e. The number of halogens is 2. The first-order valence-electron chi connectivity index (χ1n) is 7.54. The van der Waals surface area contributed by atoms with Crippen molar-refractivity contribution < 1.29 is 9.59 Å². The molecule has 0 aliphatic heterocycles. The molecule has 2 atom stereocenters. The van der Waals surface area contributed by atoms with E-state index < -0.39 is 22.3 Å². The van der Waals surface area contributed by atoms with Crippen LogP contribution in [-0.4, -0.2) is 10.5 Å². The standard InChI is InChI=1S/C19H18Cl2O2/c1-2-15(13-9-5-3-6-10-13)16(14-11-7-4-8-12-14)17(18(20)22)19(21)23/h3-12,15-17H,2H2,1H3. The monoisotopic (exact) mass is 348 g/mol. The summed E-state index contributed by atoms with van der Waals surface area (Å²) in [5, 5.41) is -1.43. The summed E-state index contributed by atoms with van der Waals surface area (Å²) in [4.78, 5) is 23.8. The van der Waals surface area contributed by atoms with Crippen LogP contribution in [0.4, 0.5) is 0 Å². The largest absolute Gasteiger partial charge is 0.280 e. The molecule has 0 aliphatic rings. The zero-order valence-electron chi connectivity index (χ0n) is 12.8. The summed E-state index contributed by atoms with van der Waals surface area (Å²) in [5.74, 6) is -1.49. The second-order valence-electron chi connectivity index (χ2n) is 5.45. The summed E-state index contributed by atoms with van der Waals surface area (Å²) in [6.07, 6.45) is 0.758. The van der Waals surface area contributed by atoms with Gasteiger partial charge >= 0.3 is 0 Å². The molecule has 2 aromatic carbocycles. The van der Waals surface area contributed by atoms with Gasteiger partial charge in [0.1, 0.15) is 5.92 Å². The van der Waals surface area contributed by atoms with Crippen LogP contribution < -0.4 is 0 Å². The Bertz CT molecular complexity index is 642. The summed E-state index contributed by atoms with van der Waals surface area (Å²) >= 11 is 11.5. The first-order chi connectivity index (χ1) is 11.1. The first-order valence-corrected chi connectivity index (χ1v) is 8.30. The van der Waals surface area contributed by atoms with Gasteiger partial charge in [-0.1, -0.05) is 67.6 Å². The molecule has 120 valence electrons. The van der Waals surface area contributed by atoms with Crippen molar-refractivity contribution in [3.63, 3.8) is 0 Å². The molecule has 0 N–H and O–H groups in total. The van der Waals surface area contributed by atoms with E-state index in [1.165, 1.54) is 0 Å². The van der Waals surface area contributed by atoms with Gasteiger partial charge in [-0.3, -0.25) is 9.59 Å². The van der Waals surface area contributed by atoms with Gasteiger partial charge in [-0.05, 0) is 46.7 Å². The molecule has 0 fully saturated rings. The molecular formula is C19H18Cl2O2. The van der Waals surface area contributed by atoms with Crippen molar-refractivity contribution in [3.8, 4) is 0 Å². The van der Waals surface area contributed by atoms with Gasteiger partial charge in [0.05, 0.1) is 0 Å². The molecule has 0 radical (unpaired) electrons. The highest BCUT2D eigenvalue weighted by Crippen LogP contribution is 2.42. The molecule has 2 unspecified atom stereocenters. The van der Waals surface area contributed by atoms with Gasteiger partial charge in [0.25, 0.3) is 0 Å². The quantitative estimate of drug-likeness (QED) is 0.514. The average molecular weight is 349 g/mol. The van der Waals surface area contributed by atoms with Gasteiger partial charge in [0.15, 0.2) is 0 Å². The molecule has 0 amide bonds. The van der Waals surface area contributed by atoms with E-state index in [4.69, 9.17) is 23.2 Å². The normalized spacial score (nSPS) is 13.6. The Morgan fingerprint density at radius 2 is 1.26 bits per heavy atom. The van der Waals surface area contributed by atoms with Crippen molar-refractivity contribution in [3.05, 3.63) is 71.8 Å². The fourth-order valence-corrected chi connectivity index (χ4v) is 3.63. The molecule has 23 heavy (non-hydrogen) atoms. The van der Waals surface area contributed by atoms with Crippen molar-refractivity contribution in [1.82, 2.24) is 0 Å². The highest BCUT2D eigenvalue weighted by Gasteiger charge is 2.38. The van der Waals surface area contributed by atoms with E-state index in [0.717, 1.165) is 17.5 Å². The number of hydrogen-bond donors (Lipinski definition) is 0. The van der Waals surface area contributed by atoms with Crippen molar-refractivity contribution >= 4 is 33.7 Å². The second kappa shape index (κ2) is 8.28. The fourth-order valence-electron chi connectivity index (χ4n) is 3.10. The van der Waals surface area contributed by atoms with Crippen LogP contribution in [0.2, 0.25) is 0 Å². The third kappa shape index (κ3) is 4.21. The van der Waals surface area contributed by atoms with Crippen LogP contribution in [0.3, 0.4) is 0 Å². The molecule has 2 rings (SSSR count). The molecule has 0 aromatic heterocycles. The SMILES string of the molecule is CCC(c1ccccc1)C(c1ccccc1)C(C(=O)Cl)C(=O)Cl. The third-order valence-electron chi connectivity index (χ3n) is 4.13. The number of rotatable bonds is 7. The van der Waals surface area contributed by atoms with E-state index in [9.17, 15) is 9.59 Å². The molecular weight excluding hydrogens is 331 g/mol. The Labute approximate surface area is 146 Å². The van der Waals surface area contributed by atoms with Crippen LogP contribution >= 0.6 is 23.2 Å². The average Bonchev–Trinajstić information content (AvgIpc) is 2.55. The van der Waals surface area contributed by atoms with Crippen molar-refractivity contribution in [1.29, 1.82) is 0 Å². The number of benzene rings is 2. The Morgan fingerprint density at radius 1 is 0.826 bits per heavy atom. The minimum Gasteiger partial charge on any atom is -0.280 e. The molecule has 2 aromatic rings. The summed E-state index contributed by atoms with van der Waals surface area (Å²) in [6, 6.07) is 19.3. The van der Waals surface area contributed by atoms with Crippen LogP contribution in [0.25, 0.3) is 0 Å². The summed E-state index contributed by atoms with van der Waals surface area (Å²) < 4.78 is 0. The van der Waals surface area contributed by atoms with Crippen LogP contribution in [0.1, 0.15) is 36.3 Å². The van der Waals surface area contributed by atoms with Crippen LogP contribution in [0, 0.1) is 5.92 Å². The van der Waals surface area contributed by atoms with Gasteiger partial charge in [-0.2, -0.15) is 0 Å². The topological polar surface area (TPSA) is 34.1 Å². The zero-order chi connectivity index (χ0) is 16.8. The molecule has 0 saturated carbocycles. The Hall–Kier alpha value is -1.64. The van der Waals surface area contributed by atoms with E-state index in [2.05, 4.69) is 0 Å². The maximum atomic E-state index is 11.9. The maximum Gasteiger partial charge on any atom is 0.234 e. The minimum atomic E-state index is -1.06. The molecule has 4 heteroatoms. The number of carbonyl (C=O) groups excluding carboxylic acids is 2. The van der Waals surface area contributed by atoms with E-state index in [-0.39, 0.29) is 5.92 Å². The fraction of sp³-hybridized carbons (Fsp3) is 0.263. The maximum absolute atomic E-state index is 11.9. The van der Waals surface area contributed by atoms with E-state index >= 15 is 0 Å². The van der Waals surface area contributed by atoms with Crippen LogP contribution in [-0.2, 0) is 9.59 Å². The highest BCUT2D eigenvalue weighted by molar-refractivity contribution is 6.73. The van der Waals surface area contributed by atoms with Gasteiger partial charge in [-0.15, -0.1) is 0 Å². The lowest BCUT2D eigenvalue weighted by molar-refractivity contribution is -0.125. The van der Waals surface area contributed by atoms with Gasteiger partial charge < -0.3 is 0 Å². The lowest BCUT2D eigenvalue weighted by atomic mass is 9.73. The van der Waals surface area contributed by atoms with Crippen molar-refractivity contribution in [2.75, 3.05) is 0 Å². The molecule has 0 spiro atoms. The molecule has 0 heterocycles. The van der Waals surface area contributed by atoms with E-state index in [1.807, 2.05) is 67.6 Å². The predicted molar refractivity (Wildman–Crippen MR) is 93.9 cm³/mol. The van der Waals surface area contributed by atoms with E-state index in [1.54, 1.807) is 0 Å². The number of hydrogen-bond acceptors (Lipinski definition) is 2. The molecule has 0 aliphatic carbocycles. The van der Waals surface area contributed by atoms with Gasteiger partial charge in [-0.25, -0.2) is 0 Å². The molecule has 0 bridgehead atoms. The van der Waals surface area contributed by atoms with Crippen LogP contribution in [0.5, 0.6) is 0 Å². The lowest BCUT2D eigenvalue weighted by Gasteiger charge is -2.30. The van der Waals surface area contributed by atoms with Crippen LogP contribution in [0.15, 0.2) is 60.7 Å². The zero-order valence-corrected chi connectivity index (χ0v) is 14.3. The lowest BCUT2D eigenvalue weighted by Crippen LogP contribution is -2.29. The molecule has 0 saturated heterocycles. The summed E-state index contributed by atoms with van der Waals surface area (Å²) in [5.41, 5.74) is 1.95. The van der Waals surface area contributed by atoms with E-state index in [0.29, 0.717) is 0 Å². The van der Waals surface area contributed by atoms with Crippen molar-refractivity contribution in [2.24, 2.45) is 5.92 Å². The third-order valence-corrected chi connectivity index (χ3v) is 4.60. The summed E-state index contributed by atoms with van der Waals surface area (Å²) in [6.45, 7) is 2.03. The Kier molecular flexibility index (Phi) is 6.37. The number of carbonyl (C=O) groups is 2. The predicted octanol–water partition coefficient (Wildman–Crippen LogP) is 5.11. The minimum absolute atomic E-state index is 0.0333. The van der Waals surface area contributed by atoms with Gasteiger partial charge in [0.2, 0.25) is 10.5 Å².